The zero-order chi connectivity index (χ0) is 20.6. The highest BCUT2D eigenvalue weighted by Crippen LogP contribution is 2.58. The first kappa shape index (κ1) is 17.4. The summed E-state index contributed by atoms with van der Waals surface area (Å²) >= 11 is 0. The average molecular weight is 417 g/mol. The van der Waals surface area contributed by atoms with E-state index in [1.54, 1.807) is 71.7 Å². The number of nitrogens with zero attached hydrogens (tertiary/aromatic N) is 3. The van der Waals surface area contributed by atoms with E-state index in [1.807, 2.05) is 12.1 Å². The second-order valence-electron chi connectivity index (χ2n) is 7.38. The van der Waals surface area contributed by atoms with Crippen LogP contribution in [0, 0.1) is 0 Å². The molecule has 3 aliphatic heterocycles. The van der Waals surface area contributed by atoms with E-state index < -0.39 is 28.0 Å². The molecule has 3 heterocycles. The van der Waals surface area contributed by atoms with Gasteiger partial charge in [0.05, 0.1) is 27.8 Å². The molecule has 3 atom stereocenters. The number of hydrazine groups is 1. The van der Waals surface area contributed by atoms with E-state index in [1.165, 1.54) is 4.31 Å². The van der Waals surface area contributed by atoms with Gasteiger partial charge in [-0.3, -0.25) is 9.59 Å². The third-order valence-corrected chi connectivity index (χ3v) is 7.58. The van der Waals surface area contributed by atoms with Crippen LogP contribution in [0.3, 0.4) is 0 Å². The van der Waals surface area contributed by atoms with Crippen molar-refractivity contribution < 1.29 is 18.0 Å². The summed E-state index contributed by atoms with van der Waals surface area (Å²) in [4.78, 5) is 26.1. The fourth-order valence-electron chi connectivity index (χ4n) is 4.43. The number of benzene rings is 3. The fourth-order valence-corrected chi connectivity index (χ4v) is 6.08. The Bertz CT molecular complexity index is 1300. The standard InChI is InChI=1S/C22H15N3O4S/c26-21-15-10-4-5-11-16(15)22(27)24(21)23-19-17-12-6-7-13-18(17)25(20(19)23)30(28,29)14-8-2-1-3-9-14/h1-13,19-20H. The van der Waals surface area contributed by atoms with Gasteiger partial charge in [-0.15, -0.1) is 0 Å². The third kappa shape index (κ3) is 2.09. The molecule has 0 spiro atoms. The summed E-state index contributed by atoms with van der Waals surface area (Å²) in [5, 5.41) is 2.65. The van der Waals surface area contributed by atoms with Gasteiger partial charge in [0.25, 0.3) is 21.8 Å². The number of rotatable bonds is 3. The first-order valence-electron chi connectivity index (χ1n) is 9.46. The Hall–Kier alpha value is -3.49. The molecule has 0 aliphatic carbocycles. The highest BCUT2D eigenvalue weighted by atomic mass is 32.2. The summed E-state index contributed by atoms with van der Waals surface area (Å²) in [6, 6.07) is 21.6. The predicted molar refractivity (Wildman–Crippen MR) is 108 cm³/mol. The van der Waals surface area contributed by atoms with E-state index in [0.29, 0.717) is 16.8 Å². The number of imide groups is 1. The Morgan fingerprint density at radius 3 is 1.93 bits per heavy atom. The van der Waals surface area contributed by atoms with Crippen LogP contribution in [0.4, 0.5) is 5.69 Å². The van der Waals surface area contributed by atoms with Crippen LogP contribution in [-0.2, 0) is 10.0 Å². The Morgan fingerprint density at radius 2 is 1.27 bits per heavy atom. The molecule has 148 valence electrons. The zero-order valence-corrected chi connectivity index (χ0v) is 16.4. The highest BCUT2D eigenvalue weighted by Gasteiger charge is 2.67. The lowest BCUT2D eigenvalue weighted by Gasteiger charge is -2.27. The van der Waals surface area contributed by atoms with Crippen molar-refractivity contribution in [1.29, 1.82) is 0 Å². The smallest absolute Gasteiger partial charge is 0.267 e. The van der Waals surface area contributed by atoms with Gasteiger partial charge in [-0.25, -0.2) is 12.7 Å². The van der Waals surface area contributed by atoms with E-state index in [0.717, 1.165) is 10.6 Å². The van der Waals surface area contributed by atoms with Crippen LogP contribution in [0.5, 0.6) is 0 Å². The van der Waals surface area contributed by atoms with Crippen molar-refractivity contribution in [3.8, 4) is 0 Å². The van der Waals surface area contributed by atoms with Gasteiger partial charge in [-0.2, -0.15) is 10.0 Å². The number of anilines is 1. The molecule has 6 rings (SSSR count). The largest absolute Gasteiger partial charge is 0.276 e. The first-order chi connectivity index (χ1) is 14.5. The SMILES string of the molecule is O=C1c2ccccc2C(=O)N1N1C2c3ccccc3N(S(=O)(=O)c3ccccc3)C21. The molecule has 2 amide bonds. The molecular formula is C22H15N3O4S. The molecule has 3 aliphatic rings. The van der Waals surface area contributed by atoms with Crippen LogP contribution < -0.4 is 4.31 Å². The van der Waals surface area contributed by atoms with Crippen molar-refractivity contribution in [3.05, 3.63) is 95.6 Å². The predicted octanol–water partition coefficient (Wildman–Crippen LogP) is 2.79. The lowest BCUT2D eigenvalue weighted by molar-refractivity contribution is 0.0340. The normalized spacial score (nSPS) is 23.9. The Morgan fingerprint density at radius 1 is 0.700 bits per heavy atom. The van der Waals surface area contributed by atoms with E-state index in [4.69, 9.17) is 0 Å². The first-order valence-corrected chi connectivity index (χ1v) is 10.9. The van der Waals surface area contributed by atoms with Crippen LogP contribution >= 0.6 is 0 Å². The topological polar surface area (TPSA) is 77.8 Å². The Kier molecular flexibility index (Phi) is 3.35. The molecule has 8 heteroatoms. The van der Waals surface area contributed by atoms with Crippen molar-refractivity contribution in [1.82, 2.24) is 10.0 Å². The third-order valence-electron chi connectivity index (χ3n) is 5.79. The van der Waals surface area contributed by atoms with Crippen LogP contribution in [0.25, 0.3) is 0 Å². The van der Waals surface area contributed by atoms with Crippen LogP contribution in [-0.4, -0.2) is 36.4 Å². The minimum Gasteiger partial charge on any atom is -0.267 e. The van der Waals surface area contributed by atoms with Gasteiger partial charge < -0.3 is 0 Å². The van der Waals surface area contributed by atoms with Crippen molar-refractivity contribution >= 4 is 27.5 Å². The molecule has 1 saturated heterocycles. The average Bonchev–Trinajstić information content (AvgIpc) is 3.27. The van der Waals surface area contributed by atoms with Crippen molar-refractivity contribution in [2.75, 3.05) is 4.31 Å². The molecule has 3 aromatic rings. The maximum atomic E-state index is 13.5. The molecule has 3 aromatic carbocycles. The van der Waals surface area contributed by atoms with Crippen molar-refractivity contribution in [2.45, 2.75) is 17.1 Å². The minimum atomic E-state index is -3.88. The van der Waals surface area contributed by atoms with E-state index in [9.17, 15) is 18.0 Å². The molecule has 3 unspecified atom stereocenters. The molecule has 1 fully saturated rings. The number of hydrogen-bond acceptors (Lipinski definition) is 5. The van der Waals surface area contributed by atoms with Gasteiger partial charge in [-0.1, -0.05) is 48.5 Å². The lowest BCUT2D eigenvalue weighted by atomic mass is 10.1. The summed E-state index contributed by atoms with van der Waals surface area (Å²) in [7, 11) is -3.88. The maximum Gasteiger partial charge on any atom is 0.276 e. The fraction of sp³-hybridized carbons (Fsp3) is 0.0909. The van der Waals surface area contributed by atoms with Crippen LogP contribution in [0.15, 0.2) is 83.8 Å². The summed E-state index contributed by atoms with van der Waals surface area (Å²) in [6.07, 6.45) is -0.658. The minimum absolute atomic E-state index is 0.162. The number of hydrogen-bond donors (Lipinski definition) is 0. The monoisotopic (exact) mass is 417 g/mol. The zero-order valence-electron chi connectivity index (χ0n) is 15.5. The Labute approximate surface area is 172 Å². The van der Waals surface area contributed by atoms with E-state index in [2.05, 4.69) is 0 Å². The molecular weight excluding hydrogens is 402 g/mol. The van der Waals surface area contributed by atoms with Gasteiger partial charge in [0.1, 0.15) is 6.17 Å². The summed E-state index contributed by atoms with van der Waals surface area (Å²) in [6.45, 7) is 0. The lowest BCUT2D eigenvalue weighted by Crippen LogP contribution is -2.43. The summed E-state index contributed by atoms with van der Waals surface area (Å²) in [5.41, 5.74) is 2.01. The van der Waals surface area contributed by atoms with Gasteiger partial charge >= 0.3 is 0 Å². The number of carbonyl (C=O) groups is 2. The molecule has 0 bridgehead atoms. The van der Waals surface area contributed by atoms with Gasteiger partial charge in [-0.05, 0) is 35.9 Å². The van der Waals surface area contributed by atoms with Gasteiger partial charge in [0.2, 0.25) is 0 Å². The van der Waals surface area contributed by atoms with E-state index in [-0.39, 0.29) is 10.9 Å². The molecule has 0 saturated carbocycles. The second-order valence-corrected chi connectivity index (χ2v) is 9.19. The van der Waals surface area contributed by atoms with Crippen molar-refractivity contribution in [2.24, 2.45) is 0 Å². The second kappa shape index (κ2) is 5.78. The quantitative estimate of drug-likeness (QED) is 0.484. The molecule has 0 N–H and O–H groups in total. The number of fused-ring (bicyclic) bond motifs is 4. The summed E-state index contributed by atoms with van der Waals surface area (Å²) in [5.74, 6) is -0.862. The number of amides is 2. The Balaban J connectivity index is 1.46. The maximum absolute atomic E-state index is 13.5. The van der Waals surface area contributed by atoms with Crippen LogP contribution in [0.2, 0.25) is 0 Å². The van der Waals surface area contributed by atoms with Gasteiger partial charge in [0, 0.05) is 0 Å². The number of para-hydroxylation sites is 1. The van der Waals surface area contributed by atoms with Crippen LogP contribution in [0.1, 0.15) is 32.3 Å². The highest BCUT2D eigenvalue weighted by molar-refractivity contribution is 7.93. The van der Waals surface area contributed by atoms with Gasteiger partial charge in [0.15, 0.2) is 0 Å². The van der Waals surface area contributed by atoms with Crippen molar-refractivity contribution in [3.63, 3.8) is 0 Å². The molecule has 0 radical (unpaired) electrons. The molecule has 7 nitrogen and oxygen atoms in total. The van der Waals surface area contributed by atoms with E-state index >= 15 is 0 Å². The molecule has 30 heavy (non-hydrogen) atoms. The molecule has 0 aromatic heterocycles. The number of carbonyl (C=O) groups excluding carboxylic acids is 2. The number of sulfonamides is 1. The summed E-state index contributed by atoms with van der Waals surface area (Å²) < 4.78 is 28.3.